The molecule has 1 aliphatic rings. The van der Waals surface area contributed by atoms with Crippen LogP contribution in [0.5, 0.6) is 5.75 Å². The first-order valence-corrected chi connectivity index (χ1v) is 12.9. The molecule has 11 nitrogen and oxygen atoms in total. The van der Waals surface area contributed by atoms with Crippen LogP contribution in [0.25, 0.3) is 16.7 Å². The Morgan fingerprint density at radius 2 is 1.62 bits per heavy atom. The third-order valence-corrected chi connectivity index (χ3v) is 7.13. The summed E-state index contributed by atoms with van der Waals surface area (Å²) in [5.41, 5.74) is 2.39. The number of benzene rings is 2. The molecule has 0 atom stereocenters. The number of anilines is 2. The fourth-order valence-corrected chi connectivity index (χ4v) is 4.97. The second-order valence-electron chi connectivity index (χ2n) is 9.52. The first-order chi connectivity index (χ1) is 19.5. The van der Waals surface area contributed by atoms with Crippen LogP contribution in [0.15, 0.2) is 84.3 Å². The van der Waals surface area contributed by atoms with Crippen molar-refractivity contribution in [2.75, 3.05) is 43.1 Å². The Morgan fingerprint density at radius 1 is 0.925 bits per heavy atom. The number of aromatic carboxylic acids is 1. The zero-order valence-corrected chi connectivity index (χ0v) is 21.8. The number of pyridine rings is 2. The molecule has 0 spiro atoms. The Kier molecular flexibility index (Phi) is 6.61. The number of nitrogens with zero attached hydrogens (tertiary/aromatic N) is 7. The van der Waals surface area contributed by atoms with Crippen LogP contribution < -0.4 is 20.0 Å². The monoisotopic (exact) mass is 537 g/mol. The quantitative estimate of drug-likeness (QED) is 0.334. The fraction of sp³-hybridized carbons (Fsp3) is 0.207. The van der Waals surface area contributed by atoms with Crippen LogP contribution in [-0.2, 0) is 6.54 Å². The van der Waals surface area contributed by atoms with E-state index in [1.54, 1.807) is 34.8 Å². The van der Waals surface area contributed by atoms with Gasteiger partial charge in [0.2, 0.25) is 5.43 Å². The molecule has 11 heteroatoms. The SMILES string of the molecule is COc1ccc(N2CCN(c3ccc4c(=O)c(C(=O)O)cn(-c5ccc(Cn6cncn6)cc5)c4n3)CC2)cc1. The largest absolute Gasteiger partial charge is 0.497 e. The van der Waals surface area contributed by atoms with Crippen molar-refractivity contribution in [2.45, 2.75) is 6.54 Å². The Balaban J connectivity index is 1.31. The van der Waals surface area contributed by atoms with Crippen LogP contribution in [0, 0.1) is 0 Å². The van der Waals surface area contributed by atoms with Crippen LogP contribution in [0.1, 0.15) is 15.9 Å². The third-order valence-electron chi connectivity index (χ3n) is 7.13. The number of rotatable bonds is 7. The molecule has 1 saturated heterocycles. The predicted octanol–water partition coefficient (Wildman–Crippen LogP) is 3.06. The number of hydrogen-bond donors (Lipinski definition) is 1. The number of carbonyl (C=O) groups is 1. The zero-order valence-electron chi connectivity index (χ0n) is 21.8. The molecule has 0 bridgehead atoms. The molecule has 0 aliphatic carbocycles. The average Bonchev–Trinajstić information content (AvgIpc) is 3.51. The van der Waals surface area contributed by atoms with E-state index in [1.807, 2.05) is 36.4 Å². The molecular formula is C29H27N7O4. The molecule has 6 rings (SSSR count). The van der Waals surface area contributed by atoms with Gasteiger partial charge in [0.15, 0.2) is 5.65 Å². The van der Waals surface area contributed by atoms with Gasteiger partial charge in [0.25, 0.3) is 0 Å². The summed E-state index contributed by atoms with van der Waals surface area (Å²) in [5, 5.41) is 14.1. The molecule has 2 aromatic carbocycles. The first kappa shape index (κ1) is 25.1. The Hall–Kier alpha value is -5.19. The van der Waals surface area contributed by atoms with Crippen LogP contribution >= 0.6 is 0 Å². The van der Waals surface area contributed by atoms with E-state index >= 15 is 0 Å². The maximum atomic E-state index is 13.0. The minimum Gasteiger partial charge on any atom is -0.497 e. The number of piperazine rings is 1. The van der Waals surface area contributed by atoms with Crippen molar-refractivity contribution >= 4 is 28.5 Å². The van der Waals surface area contributed by atoms with E-state index in [0.717, 1.165) is 49.0 Å². The molecule has 0 radical (unpaired) electrons. The van der Waals surface area contributed by atoms with E-state index in [2.05, 4.69) is 32.0 Å². The zero-order chi connectivity index (χ0) is 27.6. The van der Waals surface area contributed by atoms with Crippen LogP contribution in [-0.4, -0.2) is 68.7 Å². The summed E-state index contributed by atoms with van der Waals surface area (Å²) in [6, 6.07) is 19.1. The highest BCUT2D eigenvalue weighted by Gasteiger charge is 2.21. The van der Waals surface area contributed by atoms with Crippen LogP contribution in [0.3, 0.4) is 0 Å². The summed E-state index contributed by atoms with van der Waals surface area (Å²) in [4.78, 5) is 38.3. The summed E-state index contributed by atoms with van der Waals surface area (Å²) in [7, 11) is 1.65. The van der Waals surface area contributed by atoms with Crippen molar-refractivity contribution in [3.63, 3.8) is 0 Å². The van der Waals surface area contributed by atoms with Crippen molar-refractivity contribution in [3.05, 3.63) is 101 Å². The summed E-state index contributed by atoms with van der Waals surface area (Å²) < 4.78 is 8.66. The van der Waals surface area contributed by atoms with Gasteiger partial charge >= 0.3 is 5.97 Å². The lowest BCUT2D eigenvalue weighted by Crippen LogP contribution is -2.46. The molecule has 1 N–H and O–H groups in total. The number of carboxylic acids is 1. The number of carboxylic acid groups (broad SMARTS) is 1. The Labute approximate surface area is 229 Å². The maximum absolute atomic E-state index is 13.0. The van der Waals surface area contributed by atoms with Gasteiger partial charge in [0.05, 0.1) is 19.0 Å². The lowest BCUT2D eigenvalue weighted by atomic mass is 10.1. The summed E-state index contributed by atoms with van der Waals surface area (Å²) in [6.07, 6.45) is 4.48. The van der Waals surface area contributed by atoms with E-state index in [4.69, 9.17) is 9.72 Å². The molecule has 0 saturated carbocycles. The van der Waals surface area contributed by atoms with Gasteiger partial charge in [-0.15, -0.1) is 0 Å². The highest BCUT2D eigenvalue weighted by atomic mass is 16.5. The smallest absolute Gasteiger partial charge is 0.341 e. The number of hydrogen-bond acceptors (Lipinski definition) is 8. The van der Waals surface area contributed by atoms with Gasteiger partial charge in [-0.1, -0.05) is 12.1 Å². The standard InChI is InChI=1S/C29H27N7O4/c1-40-23-8-6-21(7-9-23)33-12-14-34(15-13-33)26-11-10-24-27(37)25(29(38)39)17-36(28(24)32-26)22-4-2-20(3-5-22)16-35-19-30-18-31-35/h2-11,17-19H,12-16H2,1H3,(H,38,39). The predicted molar refractivity (Wildman–Crippen MR) is 151 cm³/mol. The van der Waals surface area contributed by atoms with Gasteiger partial charge in [-0.2, -0.15) is 5.10 Å². The van der Waals surface area contributed by atoms with Gasteiger partial charge in [-0.25, -0.2) is 19.4 Å². The van der Waals surface area contributed by atoms with Crippen molar-refractivity contribution in [2.24, 2.45) is 0 Å². The molecule has 0 unspecified atom stereocenters. The van der Waals surface area contributed by atoms with E-state index in [0.29, 0.717) is 17.9 Å². The van der Waals surface area contributed by atoms with Crippen molar-refractivity contribution < 1.29 is 14.6 Å². The normalized spacial score (nSPS) is 13.5. The topological polar surface area (TPSA) is 119 Å². The molecule has 5 aromatic rings. The number of ether oxygens (including phenoxy) is 1. The molecule has 40 heavy (non-hydrogen) atoms. The third kappa shape index (κ3) is 4.84. The molecule has 202 valence electrons. The van der Waals surface area contributed by atoms with Crippen LogP contribution in [0.2, 0.25) is 0 Å². The minimum atomic E-state index is -1.28. The second kappa shape index (κ2) is 10.5. The lowest BCUT2D eigenvalue weighted by molar-refractivity contribution is 0.0695. The Morgan fingerprint density at radius 3 is 2.27 bits per heavy atom. The summed E-state index contributed by atoms with van der Waals surface area (Å²) in [5.74, 6) is 0.285. The van der Waals surface area contributed by atoms with Gasteiger partial charge in [-0.05, 0) is 54.1 Å². The van der Waals surface area contributed by atoms with Crippen molar-refractivity contribution in [1.82, 2.24) is 24.3 Å². The van der Waals surface area contributed by atoms with E-state index in [9.17, 15) is 14.7 Å². The van der Waals surface area contributed by atoms with E-state index in [1.165, 1.54) is 12.5 Å². The second-order valence-corrected chi connectivity index (χ2v) is 9.52. The molecule has 0 amide bonds. The number of fused-ring (bicyclic) bond motifs is 1. The van der Waals surface area contributed by atoms with Gasteiger partial charge in [0, 0.05) is 43.8 Å². The van der Waals surface area contributed by atoms with E-state index < -0.39 is 11.4 Å². The molecule has 4 heterocycles. The summed E-state index contributed by atoms with van der Waals surface area (Å²) in [6.45, 7) is 3.67. The number of methoxy groups -OCH3 is 1. The minimum absolute atomic E-state index is 0.257. The maximum Gasteiger partial charge on any atom is 0.341 e. The first-order valence-electron chi connectivity index (χ1n) is 12.9. The highest BCUT2D eigenvalue weighted by molar-refractivity contribution is 5.92. The fourth-order valence-electron chi connectivity index (χ4n) is 4.97. The highest BCUT2D eigenvalue weighted by Crippen LogP contribution is 2.24. The molecule has 1 aliphatic heterocycles. The van der Waals surface area contributed by atoms with Crippen LogP contribution in [0.4, 0.5) is 11.5 Å². The number of aromatic nitrogens is 5. The average molecular weight is 538 g/mol. The molecule has 3 aromatic heterocycles. The van der Waals surface area contributed by atoms with Gasteiger partial charge in [-0.3, -0.25) is 4.79 Å². The molecular weight excluding hydrogens is 510 g/mol. The van der Waals surface area contributed by atoms with E-state index in [-0.39, 0.29) is 10.9 Å². The van der Waals surface area contributed by atoms with Crippen molar-refractivity contribution in [3.8, 4) is 11.4 Å². The van der Waals surface area contributed by atoms with Crippen molar-refractivity contribution in [1.29, 1.82) is 0 Å². The van der Waals surface area contributed by atoms with Gasteiger partial charge < -0.3 is 24.2 Å². The van der Waals surface area contributed by atoms with Gasteiger partial charge in [0.1, 0.15) is 29.8 Å². The Bertz CT molecular complexity index is 1710. The molecule has 1 fully saturated rings. The lowest BCUT2D eigenvalue weighted by Gasteiger charge is -2.36. The summed E-state index contributed by atoms with van der Waals surface area (Å²) >= 11 is 0.